The van der Waals surface area contributed by atoms with Crippen molar-refractivity contribution in [1.29, 1.82) is 0 Å². The van der Waals surface area contributed by atoms with Crippen LogP contribution < -0.4 is 5.43 Å². The zero-order valence-electron chi connectivity index (χ0n) is 9.03. The second-order valence-electron chi connectivity index (χ2n) is 3.55. The van der Waals surface area contributed by atoms with Crippen molar-refractivity contribution in [2.45, 2.75) is 6.92 Å². The second-order valence-corrected chi connectivity index (χ2v) is 3.55. The van der Waals surface area contributed by atoms with E-state index < -0.39 is 5.97 Å². The van der Waals surface area contributed by atoms with Crippen molar-refractivity contribution in [3.8, 4) is 0 Å². The first-order valence-corrected chi connectivity index (χ1v) is 4.84. The SMILES string of the molecule is COC(=O)c1ccc2[nH]cc(C)c(=O)c2c1. The lowest BCUT2D eigenvalue weighted by Crippen LogP contribution is -2.08. The number of H-pyrrole nitrogens is 1. The molecule has 4 nitrogen and oxygen atoms in total. The van der Waals surface area contributed by atoms with E-state index in [2.05, 4.69) is 9.72 Å². The first-order valence-electron chi connectivity index (χ1n) is 4.84. The van der Waals surface area contributed by atoms with Gasteiger partial charge in [-0.15, -0.1) is 0 Å². The Morgan fingerprint density at radius 1 is 1.38 bits per heavy atom. The summed E-state index contributed by atoms with van der Waals surface area (Å²) in [5.41, 5.74) is 1.64. The molecule has 1 N–H and O–H groups in total. The highest BCUT2D eigenvalue weighted by Gasteiger charge is 2.08. The highest BCUT2D eigenvalue weighted by molar-refractivity contribution is 5.94. The van der Waals surface area contributed by atoms with Crippen LogP contribution in [0.25, 0.3) is 10.9 Å². The number of hydrogen-bond donors (Lipinski definition) is 1. The summed E-state index contributed by atoms with van der Waals surface area (Å²) in [7, 11) is 1.31. The van der Waals surface area contributed by atoms with Crippen molar-refractivity contribution in [3.63, 3.8) is 0 Å². The molecule has 2 aromatic rings. The standard InChI is InChI=1S/C12H11NO3/c1-7-6-13-10-4-3-8(12(15)16-2)5-9(10)11(7)14/h3-6H,1-2H3,(H,13,14). The smallest absolute Gasteiger partial charge is 0.337 e. The molecule has 0 saturated heterocycles. The number of rotatable bonds is 1. The molecule has 0 atom stereocenters. The molecular weight excluding hydrogens is 206 g/mol. The minimum Gasteiger partial charge on any atom is -0.465 e. The van der Waals surface area contributed by atoms with Crippen LogP contribution in [-0.2, 0) is 4.74 Å². The zero-order chi connectivity index (χ0) is 11.7. The van der Waals surface area contributed by atoms with Gasteiger partial charge in [0, 0.05) is 22.7 Å². The second kappa shape index (κ2) is 3.81. The minimum atomic E-state index is -0.442. The lowest BCUT2D eigenvalue weighted by molar-refractivity contribution is 0.0601. The third-order valence-electron chi connectivity index (χ3n) is 2.49. The number of esters is 1. The van der Waals surface area contributed by atoms with E-state index in [0.717, 1.165) is 0 Å². The summed E-state index contributed by atoms with van der Waals surface area (Å²) in [6.45, 7) is 1.73. The molecule has 0 saturated carbocycles. The van der Waals surface area contributed by atoms with Crippen molar-refractivity contribution >= 4 is 16.9 Å². The van der Waals surface area contributed by atoms with Crippen LogP contribution in [0.2, 0.25) is 0 Å². The number of ether oxygens (including phenoxy) is 1. The topological polar surface area (TPSA) is 59.2 Å². The minimum absolute atomic E-state index is 0.0699. The normalized spacial score (nSPS) is 10.4. The van der Waals surface area contributed by atoms with Gasteiger partial charge in [-0.25, -0.2) is 4.79 Å². The van der Waals surface area contributed by atoms with E-state index in [1.807, 2.05) is 0 Å². The van der Waals surface area contributed by atoms with Crippen molar-refractivity contribution in [2.75, 3.05) is 7.11 Å². The van der Waals surface area contributed by atoms with Crippen molar-refractivity contribution < 1.29 is 9.53 Å². The summed E-state index contributed by atoms with van der Waals surface area (Å²) < 4.78 is 4.60. The van der Waals surface area contributed by atoms with Gasteiger partial charge in [-0.1, -0.05) is 0 Å². The van der Waals surface area contributed by atoms with Crippen LogP contribution in [0.15, 0.2) is 29.2 Å². The van der Waals surface area contributed by atoms with Gasteiger partial charge in [0.25, 0.3) is 0 Å². The Bertz CT molecular complexity index is 613. The van der Waals surface area contributed by atoms with Crippen LogP contribution in [0.4, 0.5) is 0 Å². The Morgan fingerprint density at radius 2 is 2.12 bits per heavy atom. The number of hydrogen-bond acceptors (Lipinski definition) is 3. The molecule has 0 unspecified atom stereocenters. The average molecular weight is 217 g/mol. The molecule has 0 radical (unpaired) electrons. The molecule has 4 heteroatoms. The fraction of sp³-hybridized carbons (Fsp3) is 0.167. The zero-order valence-corrected chi connectivity index (χ0v) is 9.03. The van der Waals surface area contributed by atoms with E-state index in [-0.39, 0.29) is 5.43 Å². The molecule has 0 aliphatic heterocycles. The van der Waals surface area contributed by atoms with E-state index in [1.54, 1.807) is 31.3 Å². The summed E-state index contributed by atoms with van der Waals surface area (Å²) in [5, 5.41) is 0.503. The van der Waals surface area contributed by atoms with Gasteiger partial charge in [0.1, 0.15) is 0 Å². The van der Waals surface area contributed by atoms with E-state index in [4.69, 9.17) is 0 Å². The number of methoxy groups -OCH3 is 1. The van der Waals surface area contributed by atoms with Gasteiger partial charge in [-0.2, -0.15) is 0 Å². The number of nitrogens with one attached hydrogen (secondary N) is 1. The van der Waals surface area contributed by atoms with Crippen LogP contribution in [0.3, 0.4) is 0 Å². The third-order valence-corrected chi connectivity index (χ3v) is 2.49. The molecule has 0 spiro atoms. The van der Waals surface area contributed by atoms with Gasteiger partial charge in [0.2, 0.25) is 0 Å². The highest BCUT2D eigenvalue weighted by atomic mass is 16.5. The van der Waals surface area contributed by atoms with Gasteiger partial charge < -0.3 is 9.72 Å². The molecule has 1 heterocycles. The third kappa shape index (κ3) is 1.58. The van der Waals surface area contributed by atoms with E-state index in [1.165, 1.54) is 7.11 Å². The van der Waals surface area contributed by atoms with Crippen molar-refractivity contribution in [3.05, 3.63) is 45.7 Å². The number of carbonyl (C=O) groups excluding carboxylic acids is 1. The first-order chi connectivity index (χ1) is 7.63. The maximum absolute atomic E-state index is 11.8. The summed E-state index contributed by atoms with van der Waals surface area (Å²) in [6.07, 6.45) is 1.66. The van der Waals surface area contributed by atoms with Crippen LogP contribution in [0.1, 0.15) is 15.9 Å². The van der Waals surface area contributed by atoms with Gasteiger partial charge in [0.15, 0.2) is 5.43 Å². The molecule has 82 valence electrons. The quantitative estimate of drug-likeness (QED) is 0.738. The predicted molar refractivity (Wildman–Crippen MR) is 60.6 cm³/mol. The Balaban J connectivity index is 2.74. The fourth-order valence-corrected chi connectivity index (χ4v) is 1.57. The van der Waals surface area contributed by atoms with E-state index in [9.17, 15) is 9.59 Å². The number of benzene rings is 1. The number of aromatic nitrogens is 1. The summed E-state index contributed by atoms with van der Waals surface area (Å²) >= 11 is 0. The molecule has 0 aliphatic carbocycles. The van der Waals surface area contributed by atoms with E-state index >= 15 is 0 Å². The fourth-order valence-electron chi connectivity index (χ4n) is 1.57. The number of carbonyl (C=O) groups is 1. The molecule has 0 aliphatic rings. The Hall–Kier alpha value is -2.10. The Kier molecular flexibility index (Phi) is 2.48. The summed E-state index contributed by atoms with van der Waals surface area (Å²) in [6, 6.07) is 4.87. The summed E-state index contributed by atoms with van der Waals surface area (Å²) in [5.74, 6) is -0.442. The Labute approximate surface area is 91.9 Å². The maximum atomic E-state index is 11.8. The van der Waals surface area contributed by atoms with Crippen LogP contribution >= 0.6 is 0 Å². The Morgan fingerprint density at radius 3 is 2.81 bits per heavy atom. The molecule has 0 bridgehead atoms. The average Bonchev–Trinajstić information content (AvgIpc) is 2.32. The predicted octanol–water partition coefficient (Wildman–Crippen LogP) is 1.62. The molecule has 0 fully saturated rings. The highest BCUT2D eigenvalue weighted by Crippen LogP contribution is 2.11. The molecule has 0 amide bonds. The lowest BCUT2D eigenvalue weighted by Gasteiger charge is -2.02. The molecule has 2 rings (SSSR count). The largest absolute Gasteiger partial charge is 0.465 e. The molecule has 1 aromatic heterocycles. The lowest BCUT2D eigenvalue weighted by atomic mass is 10.1. The number of fused-ring (bicyclic) bond motifs is 1. The first kappa shape index (κ1) is 10.4. The van der Waals surface area contributed by atoms with E-state index in [0.29, 0.717) is 22.0 Å². The van der Waals surface area contributed by atoms with Crippen LogP contribution in [-0.4, -0.2) is 18.1 Å². The van der Waals surface area contributed by atoms with Gasteiger partial charge >= 0.3 is 5.97 Å². The number of pyridine rings is 1. The van der Waals surface area contributed by atoms with Gasteiger partial charge in [-0.05, 0) is 25.1 Å². The molecule has 1 aromatic carbocycles. The monoisotopic (exact) mass is 217 g/mol. The van der Waals surface area contributed by atoms with Gasteiger partial charge in [-0.3, -0.25) is 4.79 Å². The van der Waals surface area contributed by atoms with Crippen LogP contribution in [0, 0.1) is 6.92 Å². The summed E-state index contributed by atoms with van der Waals surface area (Å²) in [4.78, 5) is 26.1. The molecule has 16 heavy (non-hydrogen) atoms. The van der Waals surface area contributed by atoms with Crippen LogP contribution in [0.5, 0.6) is 0 Å². The number of aromatic amines is 1. The van der Waals surface area contributed by atoms with Gasteiger partial charge in [0.05, 0.1) is 12.7 Å². The molecular formula is C12H11NO3. The van der Waals surface area contributed by atoms with Crippen molar-refractivity contribution in [2.24, 2.45) is 0 Å². The number of aryl methyl sites for hydroxylation is 1. The maximum Gasteiger partial charge on any atom is 0.337 e. The van der Waals surface area contributed by atoms with Crippen molar-refractivity contribution in [1.82, 2.24) is 4.98 Å².